The number of ether oxygens (including phenoxy) is 1. The van der Waals surface area contributed by atoms with Crippen LogP contribution in [0.2, 0.25) is 0 Å². The SMILES string of the molecule is Cl.NCC1(C(=O)NCCC(=O)NC2CCCCC2)CCOCC1. The molecule has 23 heavy (non-hydrogen) atoms. The second-order valence-electron chi connectivity index (χ2n) is 6.51. The third-order valence-corrected chi connectivity index (χ3v) is 4.93. The van der Waals surface area contributed by atoms with Crippen molar-refractivity contribution in [2.75, 3.05) is 26.3 Å². The van der Waals surface area contributed by atoms with Crippen LogP contribution in [0.1, 0.15) is 51.4 Å². The Morgan fingerprint density at radius 2 is 1.78 bits per heavy atom. The predicted octanol–water partition coefficient (Wildman–Crippen LogP) is 1.12. The van der Waals surface area contributed by atoms with E-state index in [0.717, 1.165) is 12.8 Å². The van der Waals surface area contributed by atoms with E-state index in [9.17, 15) is 9.59 Å². The lowest BCUT2D eigenvalue weighted by Crippen LogP contribution is -2.49. The van der Waals surface area contributed by atoms with E-state index in [1.807, 2.05) is 0 Å². The third kappa shape index (κ3) is 5.94. The fourth-order valence-electron chi connectivity index (χ4n) is 3.31. The molecule has 0 spiro atoms. The highest BCUT2D eigenvalue weighted by molar-refractivity contribution is 5.85. The predicted molar refractivity (Wildman–Crippen MR) is 91.4 cm³/mol. The molecular formula is C16H30ClN3O3. The van der Waals surface area contributed by atoms with E-state index in [1.54, 1.807) is 0 Å². The maximum Gasteiger partial charge on any atom is 0.227 e. The fraction of sp³-hybridized carbons (Fsp3) is 0.875. The molecule has 4 N–H and O–H groups in total. The highest BCUT2D eigenvalue weighted by Crippen LogP contribution is 2.29. The highest BCUT2D eigenvalue weighted by atomic mass is 35.5. The molecule has 0 radical (unpaired) electrons. The summed E-state index contributed by atoms with van der Waals surface area (Å²) in [7, 11) is 0. The van der Waals surface area contributed by atoms with Crippen LogP contribution in [0.25, 0.3) is 0 Å². The minimum Gasteiger partial charge on any atom is -0.381 e. The van der Waals surface area contributed by atoms with Crippen molar-refractivity contribution in [2.45, 2.75) is 57.4 Å². The zero-order valence-electron chi connectivity index (χ0n) is 13.8. The minimum atomic E-state index is -0.516. The molecule has 1 saturated heterocycles. The van der Waals surface area contributed by atoms with Crippen LogP contribution in [-0.4, -0.2) is 44.2 Å². The number of hydrogen-bond donors (Lipinski definition) is 3. The van der Waals surface area contributed by atoms with Crippen molar-refractivity contribution < 1.29 is 14.3 Å². The molecule has 0 unspecified atom stereocenters. The van der Waals surface area contributed by atoms with E-state index in [0.29, 0.717) is 51.6 Å². The lowest BCUT2D eigenvalue weighted by molar-refractivity contribution is -0.136. The van der Waals surface area contributed by atoms with Gasteiger partial charge in [0.05, 0.1) is 5.41 Å². The van der Waals surface area contributed by atoms with Crippen molar-refractivity contribution in [2.24, 2.45) is 11.1 Å². The zero-order valence-corrected chi connectivity index (χ0v) is 14.6. The maximum absolute atomic E-state index is 12.3. The summed E-state index contributed by atoms with van der Waals surface area (Å²) in [6.45, 7) is 1.86. The van der Waals surface area contributed by atoms with Gasteiger partial charge in [0.15, 0.2) is 0 Å². The molecular weight excluding hydrogens is 318 g/mol. The maximum atomic E-state index is 12.3. The molecule has 1 aliphatic carbocycles. The first-order valence-corrected chi connectivity index (χ1v) is 8.52. The molecule has 1 saturated carbocycles. The first kappa shape index (κ1) is 20.2. The van der Waals surface area contributed by atoms with E-state index in [-0.39, 0.29) is 24.2 Å². The Labute approximate surface area is 144 Å². The number of nitrogens with two attached hydrogens (primary N) is 1. The van der Waals surface area contributed by atoms with E-state index in [1.165, 1.54) is 19.3 Å². The summed E-state index contributed by atoms with van der Waals surface area (Å²) < 4.78 is 5.30. The van der Waals surface area contributed by atoms with Crippen molar-refractivity contribution in [1.29, 1.82) is 0 Å². The molecule has 1 heterocycles. The number of carbonyl (C=O) groups excluding carboxylic acids is 2. The van der Waals surface area contributed by atoms with Crippen LogP contribution in [0.5, 0.6) is 0 Å². The summed E-state index contributed by atoms with van der Waals surface area (Å²) in [5.74, 6) is -0.00950. The Hall–Kier alpha value is -0.850. The van der Waals surface area contributed by atoms with Gasteiger partial charge in [0, 0.05) is 38.8 Å². The second-order valence-corrected chi connectivity index (χ2v) is 6.51. The van der Waals surface area contributed by atoms with Crippen LogP contribution in [-0.2, 0) is 14.3 Å². The molecule has 0 atom stereocenters. The Bertz CT molecular complexity index is 381. The molecule has 6 nitrogen and oxygen atoms in total. The lowest BCUT2D eigenvalue weighted by Gasteiger charge is -2.34. The summed E-state index contributed by atoms with van der Waals surface area (Å²) >= 11 is 0. The third-order valence-electron chi connectivity index (χ3n) is 4.93. The highest BCUT2D eigenvalue weighted by Gasteiger charge is 2.38. The Kier molecular flexibility index (Phi) is 8.87. The van der Waals surface area contributed by atoms with Crippen molar-refractivity contribution in [3.8, 4) is 0 Å². The van der Waals surface area contributed by atoms with Crippen molar-refractivity contribution >= 4 is 24.2 Å². The molecule has 2 amide bonds. The molecule has 0 aromatic rings. The monoisotopic (exact) mass is 347 g/mol. The Morgan fingerprint density at radius 1 is 1.13 bits per heavy atom. The largest absolute Gasteiger partial charge is 0.381 e. The van der Waals surface area contributed by atoms with Crippen LogP contribution in [0.4, 0.5) is 0 Å². The van der Waals surface area contributed by atoms with E-state index >= 15 is 0 Å². The number of halogens is 1. The van der Waals surface area contributed by atoms with Gasteiger partial charge in [-0.15, -0.1) is 12.4 Å². The van der Waals surface area contributed by atoms with Crippen LogP contribution >= 0.6 is 12.4 Å². The summed E-state index contributed by atoms with van der Waals surface area (Å²) in [6, 6.07) is 0.322. The summed E-state index contributed by atoms with van der Waals surface area (Å²) in [4.78, 5) is 24.3. The Balaban J connectivity index is 0.00000264. The van der Waals surface area contributed by atoms with Crippen LogP contribution < -0.4 is 16.4 Å². The van der Waals surface area contributed by atoms with Gasteiger partial charge < -0.3 is 21.1 Å². The van der Waals surface area contributed by atoms with E-state index < -0.39 is 5.41 Å². The molecule has 0 aromatic carbocycles. The molecule has 7 heteroatoms. The average Bonchev–Trinajstić information content (AvgIpc) is 2.56. The van der Waals surface area contributed by atoms with Crippen molar-refractivity contribution in [1.82, 2.24) is 10.6 Å². The number of hydrogen-bond acceptors (Lipinski definition) is 4. The first-order chi connectivity index (χ1) is 10.7. The van der Waals surface area contributed by atoms with Gasteiger partial charge in [-0.2, -0.15) is 0 Å². The fourth-order valence-corrected chi connectivity index (χ4v) is 3.31. The van der Waals surface area contributed by atoms with Crippen molar-refractivity contribution in [3.63, 3.8) is 0 Å². The summed E-state index contributed by atoms with van der Waals surface area (Å²) in [6.07, 6.45) is 7.47. The first-order valence-electron chi connectivity index (χ1n) is 8.52. The molecule has 0 bridgehead atoms. The Morgan fingerprint density at radius 3 is 2.39 bits per heavy atom. The molecule has 2 rings (SSSR count). The van der Waals surface area contributed by atoms with Gasteiger partial charge in [-0.25, -0.2) is 0 Å². The van der Waals surface area contributed by atoms with Gasteiger partial charge in [-0.05, 0) is 25.7 Å². The quantitative estimate of drug-likeness (QED) is 0.671. The van der Waals surface area contributed by atoms with Crippen LogP contribution in [0.15, 0.2) is 0 Å². The molecule has 134 valence electrons. The summed E-state index contributed by atoms with van der Waals surface area (Å²) in [5.41, 5.74) is 5.28. The molecule has 0 aromatic heterocycles. The topological polar surface area (TPSA) is 93.5 Å². The lowest BCUT2D eigenvalue weighted by atomic mass is 9.79. The molecule has 2 fully saturated rings. The average molecular weight is 348 g/mol. The van der Waals surface area contributed by atoms with Crippen molar-refractivity contribution in [3.05, 3.63) is 0 Å². The summed E-state index contributed by atoms with van der Waals surface area (Å²) in [5, 5.41) is 5.94. The standard InChI is InChI=1S/C16H29N3O3.ClH/c17-12-16(7-10-22-11-8-16)15(21)18-9-6-14(20)19-13-4-2-1-3-5-13;/h13H,1-12,17H2,(H,18,21)(H,19,20);1H. The van der Waals surface area contributed by atoms with E-state index in [4.69, 9.17) is 10.5 Å². The van der Waals surface area contributed by atoms with Gasteiger partial charge in [0.2, 0.25) is 11.8 Å². The van der Waals surface area contributed by atoms with Gasteiger partial charge in [-0.1, -0.05) is 19.3 Å². The number of rotatable bonds is 6. The van der Waals surface area contributed by atoms with Gasteiger partial charge >= 0.3 is 0 Å². The van der Waals surface area contributed by atoms with Gasteiger partial charge in [0.25, 0.3) is 0 Å². The van der Waals surface area contributed by atoms with E-state index in [2.05, 4.69) is 10.6 Å². The molecule has 1 aliphatic heterocycles. The molecule has 2 aliphatic rings. The number of nitrogens with one attached hydrogen (secondary N) is 2. The minimum absolute atomic E-state index is 0. The zero-order chi connectivity index (χ0) is 15.8. The second kappa shape index (κ2) is 10.1. The number of amides is 2. The van der Waals surface area contributed by atoms with Crippen LogP contribution in [0, 0.1) is 5.41 Å². The normalized spacial score (nSPS) is 21.1. The van der Waals surface area contributed by atoms with Gasteiger partial charge in [-0.3, -0.25) is 9.59 Å². The number of carbonyl (C=O) groups is 2. The van der Waals surface area contributed by atoms with Crippen LogP contribution in [0.3, 0.4) is 0 Å². The van der Waals surface area contributed by atoms with Gasteiger partial charge in [0.1, 0.15) is 0 Å². The smallest absolute Gasteiger partial charge is 0.227 e.